The van der Waals surface area contributed by atoms with Gasteiger partial charge in [0.25, 0.3) is 0 Å². The number of nitrogens with one attached hydrogen (secondary N) is 2. The number of rotatable bonds is 10. The van der Waals surface area contributed by atoms with Gasteiger partial charge in [-0.1, -0.05) is 11.2 Å². The van der Waals surface area contributed by atoms with Crippen LogP contribution in [0.3, 0.4) is 0 Å². The smallest absolute Gasteiger partial charge is 0.381 e. The zero-order valence-corrected chi connectivity index (χ0v) is 23.5. The van der Waals surface area contributed by atoms with E-state index in [0.29, 0.717) is 10.9 Å². The number of hydrogen-bond donors (Lipinski definition) is 3. The van der Waals surface area contributed by atoms with E-state index in [9.17, 15) is 13.2 Å². The first-order valence-electron chi connectivity index (χ1n) is 13.2. The Morgan fingerprint density at radius 2 is 2.10 bits per heavy atom. The van der Waals surface area contributed by atoms with Gasteiger partial charge in [0.15, 0.2) is 0 Å². The molecule has 1 saturated heterocycles. The first-order valence-corrected chi connectivity index (χ1v) is 13.7. The van der Waals surface area contributed by atoms with Gasteiger partial charge in [0.2, 0.25) is 11.7 Å². The summed E-state index contributed by atoms with van der Waals surface area (Å²) in [6, 6.07) is 9.05. The summed E-state index contributed by atoms with van der Waals surface area (Å²) in [6.07, 6.45) is -0.0426. The molecule has 0 bridgehead atoms. The van der Waals surface area contributed by atoms with Gasteiger partial charge in [-0.2, -0.15) is 30.8 Å². The number of ether oxygens (including phenoxy) is 1. The lowest BCUT2D eigenvalue weighted by Gasteiger charge is -2.35. The third-order valence-electron chi connectivity index (χ3n) is 7.22. The summed E-state index contributed by atoms with van der Waals surface area (Å²) < 4.78 is 55.3. The van der Waals surface area contributed by atoms with Crippen LogP contribution < -0.4 is 10.6 Å². The SMILES string of the molecule is CCn1ccc(C(NCc2nc(-c3cc4c(N[C@@H]5CCN(C)C[C@@H]5S)cccc4n3CC(F)(F)F)no2)OC)c1. The highest BCUT2D eigenvalue weighted by molar-refractivity contribution is 7.81. The molecule has 1 aromatic carbocycles. The molecule has 1 aliphatic heterocycles. The molecule has 5 rings (SSSR count). The highest BCUT2D eigenvalue weighted by Crippen LogP contribution is 2.35. The number of methoxy groups -OCH3 is 1. The highest BCUT2D eigenvalue weighted by atomic mass is 32.1. The van der Waals surface area contributed by atoms with Gasteiger partial charge in [-0.3, -0.25) is 5.32 Å². The third kappa shape index (κ3) is 6.32. The minimum atomic E-state index is -4.44. The Kier molecular flexibility index (Phi) is 8.45. The number of piperidine rings is 1. The third-order valence-corrected chi connectivity index (χ3v) is 7.75. The molecule has 1 unspecified atom stereocenters. The molecule has 216 valence electrons. The number of anilines is 1. The minimum absolute atomic E-state index is 0.0839. The van der Waals surface area contributed by atoms with Gasteiger partial charge < -0.3 is 28.6 Å². The van der Waals surface area contributed by atoms with E-state index >= 15 is 0 Å². The number of likely N-dealkylation sites (tertiary alicyclic amines) is 1. The molecule has 2 N–H and O–H groups in total. The quantitative estimate of drug-likeness (QED) is 0.182. The van der Waals surface area contributed by atoms with Crippen molar-refractivity contribution < 1.29 is 22.4 Å². The van der Waals surface area contributed by atoms with Crippen molar-refractivity contribution in [3.8, 4) is 11.5 Å². The number of fused-ring (bicyclic) bond motifs is 1. The summed E-state index contributed by atoms with van der Waals surface area (Å²) in [5.41, 5.74) is 2.35. The van der Waals surface area contributed by atoms with Crippen molar-refractivity contribution in [1.82, 2.24) is 29.5 Å². The summed E-state index contributed by atoms with van der Waals surface area (Å²) in [6.45, 7) is 3.61. The molecule has 4 aromatic rings. The average molecular weight is 578 g/mol. The van der Waals surface area contributed by atoms with Gasteiger partial charge in [-0.15, -0.1) is 0 Å². The summed E-state index contributed by atoms with van der Waals surface area (Å²) in [7, 11) is 3.64. The first-order chi connectivity index (χ1) is 19.1. The lowest BCUT2D eigenvalue weighted by Crippen LogP contribution is -2.45. The van der Waals surface area contributed by atoms with Gasteiger partial charge in [0, 0.05) is 60.5 Å². The van der Waals surface area contributed by atoms with E-state index < -0.39 is 18.9 Å². The van der Waals surface area contributed by atoms with Crippen molar-refractivity contribution in [2.75, 3.05) is 32.6 Å². The van der Waals surface area contributed by atoms with E-state index in [1.807, 2.05) is 36.0 Å². The van der Waals surface area contributed by atoms with Crippen molar-refractivity contribution in [3.05, 3.63) is 54.2 Å². The number of alkyl halides is 3. The van der Waals surface area contributed by atoms with Crippen LogP contribution in [0, 0.1) is 0 Å². The fourth-order valence-electron chi connectivity index (χ4n) is 5.16. The van der Waals surface area contributed by atoms with E-state index in [-0.39, 0.29) is 35.2 Å². The predicted octanol–water partition coefficient (Wildman–Crippen LogP) is 4.92. The Labute approximate surface area is 236 Å². The van der Waals surface area contributed by atoms with Crippen molar-refractivity contribution in [3.63, 3.8) is 0 Å². The van der Waals surface area contributed by atoms with Crippen LogP contribution in [0.1, 0.15) is 31.0 Å². The highest BCUT2D eigenvalue weighted by Gasteiger charge is 2.32. The van der Waals surface area contributed by atoms with Crippen LogP contribution >= 0.6 is 12.6 Å². The monoisotopic (exact) mass is 577 g/mol. The molecule has 9 nitrogen and oxygen atoms in total. The van der Waals surface area contributed by atoms with E-state index in [2.05, 4.69) is 32.7 Å². The van der Waals surface area contributed by atoms with Crippen LogP contribution in [0.2, 0.25) is 0 Å². The van der Waals surface area contributed by atoms with Crippen molar-refractivity contribution in [1.29, 1.82) is 0 Å². The topological polar surface area (TPSA) is 85.3 Å². The number of hydrogen-bond acceptors (Lipinski definition) is 8. The molecule has 4 heterocycles. The van der Waals surface area contributed by atoms with Crippen LogP contribution in [0.25, 0.3) is 22.4 Å². The maximum Gasteiger partial charge on any atom is 0.406 e. The number of aromatic nitrogens is 4. The molecule has 1 aliphatic rings. The number of halogens is 3. The summed E-state index contributed by atoms with van der Waals surface area (Å²) in [5.74, 6) is 0.319. The van der Waals surface area contributed by atoms with Crippen LogP contribution in [-0.4, -0.2) is 68.9 Å². The predicted molar refractivity (Wildman–Crippen MR) is 150 cm³/mol. The van der Waals surface area contributed by atoms with Crippen molar-refractivity contribution >= 4 is 29.2 Å². The average Bonchev–Trinajstić information content (AvgIpc) is 3.65. The van der Waals surface area contributed by atoms with Crippen molar-refractivity contribution in [2.45, 2.75) is 56.7 Å². The standard InChI is InChI=1S/C27H34F3N7O2S/c1-4-36-11-8-17(14-36)26(38-3)31-13-24-33-25(34-39-24)22-12-18-19(32-20-9-10-35(2)15-23(20)40)6-5-7-21(18)37(22)16-27(28,29)30/h5-8,11-12,14,20,23,26,31-32,40H,4,9-10,13,15-16H2,1-3H3/t20-,23+,26?/m1/s1. The number of nitrogens with zero attached hydrogens (tertiary/aromatic N) is 5. The zero-order chi connectivity index (χ0) is 28.4. The molecular formula is C27H34F3N7O2S. The number of thiol groups is 1. The Morgan fingerprint density at radius 3 is 2.80 bits per heavy atom. The Balaban J connectivity index is 1.42. The van der Waals surface area contributed by atoms with Crippen LogP contribution in [0.4, 0.5) is 18.9 Å². The van der Waals surface area contributed by atoms with Gasteiger partial charge in [0.05, 0.1) is 17.8 Å². The lowest BCUT2D eigenvalue weighted by atomic mass is 10.0. The molecule has 0 saturated carbocycles. The van der Waals surface area contributed by atoms with E-state index in [1.54, 1.807) is 25.3 Å². The fourth-order valence-corrected chi connectivity index (χ4v) is 5.66. The minimum Gasteiger partial charge on any atom is -0.381 e. The summed E-state index contributed by atoms with van der Waals surface area (Å²) >= 11 is 4.75. The second-order valence-corrected chi connectivity index (χ2v) is 10.8. The van der Waals surface area contributed by atoms with Gasteiger partial charge >= 0.3 is 6.18 Å². The number of benzene rings is 1. The summed E-state index contributed by atoms with van der Waals surface area (Å²) in [5, 5.41) is 11.5. The molecule has 0 radical (unpaired) electrons. The maximum atomic E-state index is 13.7. The van der Waals surface area contributed by atoms with Crippen LogP contribution in [-0.2, 0) is 24.4 Å². The second kappa shape index (κ2) is 11.9. The second-order valence-electron chi connectivity index (χ2n) is 10.1. The molecule has 0 spiro atoms. The van der Waals surface area contributed by atoms with Crippen LogP contribution in [0.5, 0.6) is 0 Å². The van der Waals surface area contributed by atoms with Gasteiger partial charge in [-0.05, 0) is 51.2 Å². The molecule has 3 atom stereocenters. The number of aryl methyl sites for hydroxylation is 1. The molecule has 13 heteroatoms. The first kappa shape index (κ1) is 28.5. The van der Waals surface area contributed by atoms with Crippen molar-refractivity contribution in [2.24, 2.45) is 0 Å². The lowest BCUT2D eigenvalue weighted by molar-refractivity contribution is -0.139. The fraction of sp³-hybridized carbons (Fsp3) is 0.481. The molecule has 40 heavy (non-hydrogen) atoms. The van der Waals surface area contributed by atoms with E-state index in [4.69, 9.17) is 21.9 Å². The normalized spacial score (nSPS) is 19.4. The molecule has 1 fully saturated rings. The molecule has 3 aromatic heterocycles. The molecule has 0 aliphatic carbocycles. The Bertz CT molecular complexity index is 1430. The zero-order valence-electron chi connectivity index (χ0n) is 22.6. The van der Waals surface area contributed by atoms with Crippen LogP contribution in [0.15, 0.2) is 47.2 Å². The van der Waals surface area contributed by atoms with E-state index in [1.165, 1.54) is 4.57 Å². The Hall–Kier alpha value is -3.00. The van der Waals surface area contributed by atoms with Gasteiger partial charge in [0.1, 0.15) is 12.8 Å². The maximum absolute atomic E-state index is 13.7. The van der Waals surface area contributed by atoms with E-state index in [0.717, 1.165) is 37.3 Å². The molecule has 0 amide bonds. The Morgan fingerprint density at radius 1 is 1.27 bits per heavy atom. The largest absolute Gasteiger partial charge is 0.406 e. The molecular weight excluding hydrogens is 543 g/mol. The summed E-state index contributed by atoms with van der Waals surface area (Å²) in [4.78, 5) is 6.64. The van der Waals surface area contributed by atoms with Gasteiger partial charge in [-0.25, -0.2) is 0 Å².